The van der Waals surface area contributed by atoms with Gasteiger partial charge in [-0.1, -0.05) is 51.0 Å². The van der Waals surface area contributed by atoms with Crippen LogP contribution in [0.5, 0.6) is 11.5 Å². The number of allylic oxidation sites excluding steroid dienone is 2. The summed E-state index contributed by atoms with van der Waals surface area (Å²) in [4.78, 5) is 55.2. The predicted octanol–water partition coefficient (Wildman–Crippen LogP) is 8.24. The minimum atomic E-state index is -3.86. The Hall–Kier alpha value is -4.69. The van der Waals surface area contributed by atoms with Crippen molar-refractivity contribution in [1.29, 1.82) is 0 Å². The van der Waals surface area contributed by atoms with Crippen LogP contribution in [0.1, 0.15) is 101 Å². The summed E-state index contributed by atoms with van der Waals surface area (Å²) >= 11 is 1.50. The third kappa shape index (κ3) is 8.72. The molecule has 60 heavy (non-hydrogen) atoms. The number of ether oxygens (including phenoxy) is 2. The van der Waals surface area contributed by atoms with Gasteiger partial charge in [-0.2, -0.15) is 0 Å². The summed E-state index contributed by atoms with van der Waals surface area (Å²) in [5.41, 5.74) is 2.55. The lowest BCUT2D eigenvalue weighted by Crippen LogP contribution is -2.46. The second-order valence-electron chi connectivity index (χ2n) is 17.4. The maximum Gasteiger partial charge on any atom is 0.240 e. The van der Waals surface area contributed by atoms with Crippen molar-refractivity contribution >= 4 is 49.9 Å². The van der Waals surface area contributed by atoms with Gasteiger partial charge < -0.3 is 14.4 Å². The molecular formula is C46H53FN4O7S2. The number of amides is 2. The Kier molecular flexibility index (Phi) is 11.9. The predicted molar refractivity (Wildman–Crippen MR) is 229 cm³/mol. The molecule has 0 bridgehead atoms. The van der Waals surface area contributed by atoms with Crippen LogP contribution >= 0.6 is 11.3 Å². The zero-order valence-electron chi connectivity index (χ0n) is 34.6. The summed E-state index contributed by atoms with van der Waals surface area (Å²) in [6, 6.07) is 11.0. The molecule has 2 aliphatic carbocycles. The van der Waals surface area contributed by atoms with E-state index < -0.39 is 44.7 Å². The van der Waals surface area contributed by atoms with Crippen molar-refractivity contribution in [2.75, 3.05) is 13.7 Å². The normalized spacial score (nSPS) is 25.6. The highest BCUT2D eigenvalue weighted by molar-refractivity contribution is 7.90. The number of halogens is 1. The first kappa shape index (κ1) is 42.0. The zero-order chi connectivity index (χ0) is 42.3. The number of hydrogen-bond acceptors (Lipinski definition) is 10. The van der Waals surface area contributed by atoms with Crippen molar-refractivity contribution < 1.29 is 36.7 Å². The Bertz CT molecular complexity index is 2450. The number of methoxy groups -OCH3 is 1. The Labute approximate surface area is 355 Å². The van der Waals surface area contributed by atoms with Gasteiger partial charge in [0.1, 0.15) is 34.1 Å². The van der Waals surface area contributed by atoms with Gasteiger partial charge in [-0.05, 0) is 93.5 Å². The topological polar surface area (TPSA) is 145 Å². The SMILES string of the molecule is COc1ccc2c(O[C@@H]3C[C@H]4C(=O)C[C@]5(C(=O)NS(=O)(=O)C6CC6)C[C@H]5/C=C\CCCCC[C@H](Cc5cccc(F)c5)C(=O)N4C3)cc(-c3nc(C(C)C)cs3)nc2c1C. The molecule has 2 aromatic heterocycles. The lowest BCUT2D eigenvalue weighted by molar-refractivity contribution is -0.142. The molecule has 2 aromatic carbocycles. The number of nitrogens with zero attached hydrogens (tertiary/aromatic N) is 3. The number of carbonyl (C=O) groups is 3. The Morgan fingerprint density at radius 3 is 2.62 bits per heavy atom. The summed E-state index contributed by atoms with van der Waals surface area (Å²) in [7, 11) is -2.24. The van der Waals surface area contributed by atoms with Crippen molar-refractivity contribution in [3.05, 3.63) is 82.6 Å². The fourth-order valence-electron chi connectivity index (χ4n) is 8.93. The molecular weight excluding hydrogens is 804 g/mol. The van der Waals surface area contributed by atoms with Crippen molar-refractivity contribution in [1.82, 2.24) is 19.6 Å². The highest BCUT2D eigenvalue weighted by Crippen LogP contribution is 2.57. The van der Waals surface area contributed by atoms with E-state index in [0.29, 0.717) is 60.4 Å². The van der Waals surface area contributed by atoms with E-state index in [1.165, 1.54) is 23.5 Å². The lowest BCUT2D eigenvalue weighted by atomic mass is 9.90. The van der Waals surface area contributed by atoms with Crippen LogP contribution in [0, 0.1) is 30.0 Å². The van der Waals surface area contributed by atoms with Crippen molar-refractivity contribution in [3.8, 4) is 22.2 Å². The van der Waals surface area contributed by atoms with Gasteiger partial charge in [0.05, 0.1) is 41.6 Å². The standard InChI is InChI=1S/C46H53FN4O7S2/c1-27(2)37-26-59-43(49-37)36-22-41(35-17-18-40(57-4)28(3)42(35)48-36)58-33-21-38-39(52)24-46(45(54)50-60(55,56)34-15-16-34)23-31(46)13-9-7-5-6-8-12-30(44(53)51(38)25-33)19-29-11-10-14-32(47)20-29/h9-11,13-14,17-18,20,22,26-27,30-31,33-34,38H,5-8,12,15-16,19,21,23-25H2,1-4H3,(H,50,54)/b13-9-/t30-,31-,33-,38+,46-/m1/s1. The molecule has 2 aliphatic heterocycles. The Morgan fingerprint density at radius 2 is 1.88 bits per heavy atom. The number of thiazole rings is 1. The van der Waals surface area contributed by atoms with Gasteiger partial charge >= 0.3 is 0 Å². The number of Topliss-reactive ketones (excluding diaryl/α,β-unsaturated/α-hetero) is 1. The van der Waals surface area contributed by atoms with Crippen LogP contribution in [-0.2, 0) is 30.8 Å². The van der Waals surface area contributed by atoms with Crippen molar-refractivity contribution in [3.63, 3.8) is 0 Å². The summed E-state index contributed by atoms with van der Waals surface area (Å²) in [6.07, 6.45) is 8.79. The second-order valence-corrected chi connectivity index (χ2v) is 20.2. The van der Waals surface area contributed by atoms with Crippen molar-refractivity contribution in [2.24, 2.45) is 17.3 Å². The number of nitrogens with one attached hydrogen (secondary N) is 1. The summed E-state index contributed by atoms with van der Waals surface area (Å²) in [6.45, 7) is 6.22. The molecule has 8 rings (SSSR count). The number of benzene rings is 2. The van der Waals surface area contributed by atoms with Crippen LogP contribution in [0.25, 0.3) is 21.6 Å². The number of pyridine rings is 1. The largest absolute Gasteiger partial charge is 0.496 e. The molecule has 0 radical (unpaired) electrons. The van der Waals surface area contributed by atoms with E-state index in [1.807, 2.05) is 48.7 Å². The van der Waals surface area contributed by atoms with Crippen LogP contribution < -0.4 is 14.2 Å². The van der Waals surface area contributed by atoms with E-state index in [2.05, 4.69) is 18.6 Å². The van der Waals surface area contributed by atoms with Gasteiger partial charge in [0, 0.05) is 41.2 Å². The van der Waals surface area contributed by atoms with Crippen LogP contribution in [0.4, 0.5) is 4.39 Å². The molecule has 4 aromatic rings. The fraction of sp³-hybridized carbons (Fsp3) is 0.500. The fourth-order valence-corrected chi connectivity index (χ4v) is 11.3. The van der Waals surface area contributed by atoms with E-state index in [0.717, 1.165) is 47.3 Å². The monoisotopic (exact) mass is 856 g/mol. The second kappa shape index (κ2) is 17.0. The maximum atomic E-state index is 14.9. The molecule has 4 heterocycles. The molecule has 2 amide bonds. The number of aryl methyl sites for hydroxylation is 1. The number of sulfonamides is 1. The average molecular weight is 857 g/mol. The summed E-state index contributed by atoms with van der Waals surface area (Å²) in [5, 5.41) is 2.91. The van der Waals surface area contributed by atoms with E-state index in [1.54, 1.807) is 18.1 Å². The van der Waals surface area contributed by atoms with E-state index in [9.17, 15) is 27.2 Å². The number of carbonyl (C=O) groups excluding carboxylic acids is 3. The highest BCUT2D eigenvalue weighted by Gasteiger charge is 2.61. The van der Waals surface area contributed by atoms with Crippen LogP contribution in [0.15, 0.2) is 60.0 Å². The van der Waals surface area contributed by atoms with Gasteiger partial charge in [0.2, 0.25) is 21.8 Å². The summed E-state index contributed by atoms with van der Waals surface area (Å²) in [5.74, 6) is -0.971. The number of fused-ring (bicyclic) bond motifs is 3. The van der Waals surface area contributed by atoms with Gasteiger partial charge in [0.15, 0.2) is 5.78 Å². The number of rotatable bonds is 10. The number of hydrogen-bond donors (Lipinski definition) is 1. The van der Waals surface area contributed by atoms with Crippen LogP contribution in [-0.4, -0.2) is 71.9 Å². The lowest BCUT2D eigenvalue weighted by Gasteiger charge is -2.29. The van der Waals surface area contributed by atoms with E-state index >= 15 is 0 Å². The third-order valence-corrected chi connectivity index (χ3v) is 15.4. The Balaban J connectivity index is 1.15. The van der Waals surface area contributed by atoms with Crippen molar-refractivity contribution in [2.45, 2.75) is 115 Å². The molecule has 1 saturated heterocycles. The minimum absolute atomic E-state index is 0.108. The molecule has 318 valence electrons. The first-order chi connectivity index (χ1) is 28.8. The molecule has 0 unspecified atom stereocenters. The molecule has 3 fully saturated rings. The number of aromatic nitrogens is 2. The van der Waals surface area contributed by atoms with Crippen LogP contribution in [0.3, 0.4) is 0 Å². The maximum absolute atomic E-state index is 14.9. The molecule has 4 aliphatic rings. The van der Waals surface area contributed by atoms with Gasteiger partial charge in [-0.25, -0.2) is 22.8 Å². The first-order valence-electron chi connectivity index (χ1n) is 21.2. The zero-order valence-corrected chi connectivity index (χ0v) is 36.2. The molecule has 2 saturated carbocycles. The smallest absolute Gasteiger partial charge is 0.240 e. The average Bonchev–Trinajstić information content (AvgIpc) is 4.09. The molecule has 14 heteroatoms. The molecule has 1 N–H and O–H groups in total. The van der Waals surface area contributed by atoms with Gasteiger partial charge in [-0.15, -0.1) is 11.3 Å². The van der Waals surface area contributed by atoms with Gasteiger partial charge in [-0.3, -0.25) is 19.1 Å². The Morgan fingerprint density at radius 1 is 1.07 bits per heavy atom. The first-order valence-corrected chi connectivity index (χ1v) is 23.6. The quantitative estimate of drug-likeness (QED) is 0.156. The van der Waals surface area contributed by atoms with Gasteiger partial charge in [0.25, 0.3) is 0 Å². The minimum Gasteiger partial charge on any atom is -0.496 e. The molecule has 11 nitrogen and oxygen atoms in total. The molecule has 5 atom stereocenters. The van der Waals surface area contributed by atoms with Crippen LogP contribution in [0.2, 0.25) is 0 Å². The summed E-state index contributed by atoms with van der Waals surface area (Å²) < 4.78 is 55.3. The third-order valence-electron chi connectivity index (χ3n) is 12.7. The van der Waals surface area contributed by atoms with E-state index in [-0.39, 0.29) is 48.7 Å². The highest BCUT2D eigenvalue weighted by atomic mass is 32.2. The molecule has 0 spiro atoms. The van der Waals surface area contributed by atoms with E-state index in [4.69, 9.17) is 19.4 Å². The number of ketones is 1.